The molecule has 2 aliphatic heterocycles. The number of halogens is 3. The number of ketones is 1. The van der Waals surface area contributed by atoms with E-state index in [0.29, 0.717) is 29.2 Å². The minimum absolute atomic E-state index is 0.0355. The number of carbonyl (C=O) groups excluding carboxylic acids is 1. The van der Waals surface area contributed by atoms with Gasteiger partial charge in [0.1, 0.15) is 11.5 Å². The molecule has 1 aromatic rings. The van der Waals surface area contributed by atoms with Crippen LogP contribution in [-0.2, 0) is 9.53 Å². The predicted molar refractivity (Wildman–Crippen MR) is 76.7 cm³/mol. The van der Waals surface area contributed by atoms with Gasteiger partial charge >= 0.3 is 6.18 Å². The Morgan fingerprint density at radius 1 is 1.36 bits per heavy atom. The van der Waals surface area contributed by atoms with E-state index in [0.717, 1.165) is 0 Å². The molecule has 0 N–H and O–H groups in total. The highest BCUT2D eigenvalue weighted by molar-refractivity contribution is 7.99. The second kappa shape index (κ2) is 5.22. The fourth-order valence-corrected chi connectivity index (χ4v) is 4.13. The van der Waals surface area contributed by atoms with Crippen LogP contribution in [0.3, 0.4) is 0 Å². The first-order chi connectivity index (χ1) is 10.4. The number of para-hydroxylation sites is 1. The summed E-state index contributed by atoms with van der Waals surface area (Å²) in [6.45, 7) is 0. The lowest BCUT2D eigenvalue weighted by atomic mass is 9.84. The van der Waals surface area contributed by atoms with E-state index in [4.69, 9.17) is 9.47 Å². The number of alkyl halides is 3. The molecular weight excluding hydrogens is 317 g/mol. The summed E-state index contributed by atoms with van der Waals surface area (Å²) in [5.74, 6) is -0.548. The lowest BCUT2D eigenvalue weighted by molar-refractivity contribution is -0.168. The normalized spacial score (nSPS) is 24.2. The van der Waals surface area contributed by atoms with E-state index < -0.39 is 23.1 Å². The summed E-state index contributed by atoms with van der Waals surface area (Å²) in [5, 5.41) is 0. The lowest BCUT2D eigenvalue weighted by Crippen LogP contribution is -2.47. The third-order valence-electron chi connectivity index (χ3n) is 3.79. The first-order valence-electron chi connectivity index (χ1n) is 6.65. The third-order valence-corrected chi connectivity index (χ3v) is 4.96. The zero-order valence-electron chi connectivity index (χ0n) is 11.7. The van der Waals surface area contributed by atoms with E-state index in [-0.39, 0.29) is 5.76 Å². The Kier molecular flexibility index (Phi) is 3.63. The number of carbonyl (C=O) groups is 1. The molecule has 0 aliphatic carbocycles. The average Bonchev–Trinajstić information content (AvgIpc) is 2.92. The second-order valence-electron chi connectivity index (χ2n) is 5.13. The van der Waals surface area contributed by atoms with Crippen molar-refractivity contribution in [2.75, 3.05) is 18.6 Å². The van der Waals surface area contributed by atoms with Crippen LogP contribution >= 0.6 is 11.8 Å². The number of benzene rings is 1. The molecule has 1 fully saturated rings. The fourth-order valence-electron chi connectivity index (χ4n) is 2.83. The highest BCUT2D eigenvalue weighted by atomic mass is 32.2. The van der Waals surface area contributed by atoms with Gasteiger partial charge in [0.2, 0.25) is 0 Å². The lowest BCUT2D eigenvalue weighted by Gasteiger charge is -2.37. The number of thioether (sulfide) groups is 1. The number of methoxy groups -OCH3 is 1. The molecular formula is C15H13F3O3S. The van der Waals surface area contributed by atoms with Crippen molar-refractivity contribution in [2.24, 2.45) is 0 Å². The maximum Gasteiger partial charge on any atom is 0.454 e. The Balaban J connectivity index is 2.25. The number of fused-ring (bicyclic) bond motifs is 1. The van der Waals surface area contributed by atoms with Crippen molar-refractivity contribution in [3.05, 3.63) is 35.4 Å². The maximum absolute atomic E-state index is 13.1. The molecule has 1 aromatic carbocycles. The van der Waals surface area contributed by atoms with Crippen molar-refractivity contribution in [3.8, 4) is 5.75 Å². The second-order valence-corrected chi connectivity index (χ2v) is 6.24. The van der Waals surface area contributed by atoms with Gasteiger partial charge in [-0.2, -0.15) is 24.9 Å². The Hall–Kier alpha value is -1.63. The number of hydrogen-bond acceptors (Lipinski definition) is 4. The van der Waals surface area contributed by atoms with Gasteiger partial charge in [-0.3, -0.25) is 4.79 Å². The Morgan fingerprint density at radius 2 is 2.09 bits per heavy atom. The van der Waals surface area contributed by atoms with E-state index in [2.05, 4.69) is 0 Å². The zero-order valence-corrected chi connectivity index (χ0v) is 12.5. The Labute approximate surface area is 129 Å². The summed E-state index contributed by atoms with van der Waals surface area (Å²) in [6.07, 6.45) is -4.62. The van der Waals surface area contributed by atoms with Crippen molar-refractivity contribution in [1.29, 1.82) is 0 Å². The summed E-state index contributed by atoms with van der Waals surface area (Å²) in [6, 6.07) is 6.66. The third kappa shape index (κ3) is 2.27. The molecule has 1 atom stereocenters. The Bertz CT molecular complexity index is 646. The first-order valence-corrected chi connectivity index (χ1v) is 7.81. The summed E-state index contributed by atoms with van der Waals surface area (Å²) < 4.78 is 50.2. The van der Waals surface area contributed by atoms with Crippen LogP contribution in [0, 0.1) is 0 Å². The Morgan fingerprint density at radius 3 is 2.68 bits per heavy atom. The van der Waals surface area contributed by atoms with E-state index in [9.17, 15) is 18.0 Å². The standard InChI is InChI=1S/C15H13F3O3S/c1-20-12-9-4-2-3-5-10(9)21-14(6-7-22-8-14)11(12)13(19)15(16,17)18/h2-5H,6-8H2,1H3. The van der Waals surface area contributed by atoms with Gasteiger partial charge < -0.3 is 9.47 Å². The largest absolute Gasteiger partial charge is 0.495 e. The van der Waals surface area contributed by atoms with Gasteiger partial charge in [0.05, 0.1) is 18.2 Å². The highest BCUT2D eigenvalue weighted by Gasteiger charge is 2.55. The molecule has 3 nitrogen and oxygen atoms in total. The minimum Gasteiger partial charge on any atom is -0.495 e. The van der Waals surface area contributed by atoms with Crippen molar-refractivity contribution >= 4 is 23.3 Å². The SMILES string of the molecule is COC1=C(C(=O)C(F)(F)F)C2(CCSC2)Oc2ccccc21. The van der Waals surface area contributed by atoms with Crippen molar-refractivity contribution in [2.45, 2.75) is 18.2 Å². The van der Waals surface area contributed by atoms with E-state index >= 15 is 0 Å². The molecule has 2 heterocycles. The van der Waals surface area contributed by atoms with Gasteiger partial charge in [-0.25, -0.2) is 0 Å². The van der Waals surface area contributed by atoms with Crippen LogP contribution in [0.4, 0.5) is 13.2 Å². The number of rotatable bonds is 2. The van der Waals surface area contributed by atoms with Crippen molar-refractivity contribution in [3.63, 3.8) is 0 Å². The summed E-state index contributed by atoms with van der Waals surface area (Å²) in [7, 11) is 1.27. The molecule has 0 amide bonds. The molecule has 7 heteroatoms. The van der Waals surface area contributed by atoms with Gasteiger partial charge in [0.25, 0.3) is 5.78 Å². The van der Waals surface area contributed by atoms with Crippen LogP contribution in [0.1, 0.15) is 12.0 Å². The van der Waals surface area contributed by atoms with E-state index in [1.807, 2.05) is 0 Å². The average molecular weight is 330 g/mol. The number of ether oxygens (including phenoxy) is 2. The molecule has 118 valence electrons. The van der Waals surface area contributed by atoms with Gasteiger partial charge in [-0.05, 0) is 17.9 Å². The molecule has 0 bridgehead atoms. The molecule has 0 saturated carbocycles. The van der Waals surface area contributed by atoms with Gasteiger partial charge in [0.15, 0.2) is 5.60 Å². The molecule has 1 saturated heterocycles. The van der Waals surface area contributed by atoms with Crippen molar-refractivity contribution < 1.29 is 27.4 Å². The smallest absolute Gasteiger partial charge is 0.454 e. The maximum atomic E-state index is 13.1. The molecule has 1 unspecified atom stereocenters. The van der Waals surface area contributed by atoms with Gasteiger partial charge in [-0.1, -0.05) is 12.1 Å². The summed E-state index contributed by atoms with van der Waals surface area (Å²) in [4.78, 5) is 12.0. The molecule has 22 heavy (non-hydrogen) atoms. The molecule has 3 rings (SSSR count). The molecule has 0 aromatic heterocycles. The van der Waals surface area contributed by atoms with Crippen LogP contribution in [-0.4, -0.2) is 36.2 Å². The van der Waals surface area contributed by atoms with Crippen molar-refractivity contribution in [1.82, 2.24) is 0 Å². The predicted octanol–water partition coefficient (Wildman–Crippen LogP) is 3.44. The van der Waals surface area contributed by atoms with Crippen LogP contribution in [0.15, 0.2) is 29.8 Å². The van der Waals surface area contributed by atoms with E-state index in [1.54, 1.807) is 24.3 Å². The van der Waals surface area contributed by atoms with Crippen LogP contribution in [0.5, 0.6) is 5.75 Å². The fraction of sp³-hybridized carbons (Fsp3) is 0.400. The zero-order chi connectivity index (χ0) is 16.0. The van der Waals surface area contributed by atoms with Gasteiger partial charge in [-0.15, -0.1) is 0 Å². The molecule has 1 spiro atoms. The van der Waals surface area contributed by atoms with Gasteiger partial charge in [0, 0.05) is 12.2 Å². The van der Waals surface area contributed by atoms with E-state index in [1.165, 1.54) is 18.9 Å². The first kappa shape index (κ1) is 15.3. The summed E-state index contributed by atoms with van der Waals surface area (Å²) >= 11 is 1.46. The minimum atomic E-state index is -4.96. The van der Waals surface area contributed by atoms with Crippen LogP contribution in [0.25, 0.3) is 5.76 Å². The number of Topliss-reactive ketones (excluding diaryl/α,β-unsaturated/α-hetero) is 1. The highest BCUT2D eigenvalue weighted by Crippen LogP contribution is 2.49. The quantitative estimate of drug-likeness (QED) is 0.832. The molecule has 2 aliphatic rings. The van der Waals surface area contributed by atoms with Crippen LogP contribution < -0.4 is 4.74 Å². The topological polar surface area (TPSA) is 35.5 Å². The monoisotopic (exact) mass is 330 g/mol. The summed E-state index contributed by atoms with van der Waals surface area (Å²) in [5.41, 5.74) is -1.30. The van der Waals surface area contributed by atoms with Crippen LogP contribution in [0.2, 0.25) is 0 Å². The molecule has 0 radical (unpaired) electrons. The number of hydrogen-bond donors (Lipinski definition) is 0.